The van der Waals surface area contributed by atoms with Crippen molar-refractivity contribution in [3.63, 3.8) is 0 Å². The Morgan fingerprint density at radius 2 is 1.00 bits per heavy atom. The fourth-order valence-electron chi connectivity index (χ4n) is 9.91. The topological polar surface area (TPSA) is 145 Å². The lowest BCUT2D eigenvalue weighted by molar-refractivity contribution is -0.141. The van der Waals surface area contributed by atoms with Crippen LogP contribution in [0.4, 0.5) is 37.7 Å². The molecule has 0 saturated carbocycles. The van der Waals surface area contributed by atoms with Crippen LogP contribution < -0.4 is 19.3 Å². The number of aryl methyl sites for hydroxylation is 2. The van der Waals surface area contributed by atoms with Crippen molar-refractivity contribution in [2.45, 2.75) is 12.4 Å². The molecule has 3 aliphatic rings. The molecular weight excluding hydrogens is 959 g/mol. The summed E-state index contributed by atoms with van der Waals surface area (Å²) in [6.45, 7) is 6.97. The van der Waals surface area contributed by atoms with Gasteiger partial charge in [0.05, 0.1) is 29.6 Å². The molecule has 2 atom stereocenters. The first kappa shape index (κ1) is 47.6. The third kappa shape index (κ3) is 9.59. The van der Waals surface area contributed by atoms with E-state index in [1.807, 2.05) is 36.4 Å². The summed E-state index contributed by atoms with van der Waals surface area (Å²) in [6, 6.07) is 25.3. The number of benzene rings is 4. The number of likely N-dealkylation sites (tertiary alicyclic amines) is 1. The predicted molar refractivity (Wildman–Crippen MR) is 257 cm³/mol. The molecular formula is C51H48F6N12O4. The highest BCUT2D eigenvalue weighted by molar-refractivity contribution is 5.78. The van der Waals surface area contributed by atoms with Crippen molar-refractivity contribution in [1.82, 2.24) is 49.2 Å². The van der Waals surface area contributed by atoms with Gasteiger partial charge in [-0.25, -0.2) is 9.97 Å². The average molecular weight is 1010 g/mol. The predicted octanol–water partition coefficient (Wildman–Crippen LogP) is 9.12. The highest BCUT2D eigenvalue weighted by Crippen LogP contribution is 2.42. The first-order chi connectivity index (χ1) is 35.0. The Morgan fingerprint density at radius 1 is 0.548 bits per heavy atom. The second-order valence-electron chi connectivity index (χ2n) is 18.7. The lowest BCUT2D eigenvalue weighted by Gasteiger charge is -2.35. The van der Waals surface area contributed by atoms with Crippen LogP contribution in [0, 0.1) is 11.8 Å². The average Bonchev–Trinajstić information content (AvgIpc) is 4.25. The van der Waals surface area contributed by atoms with E-state index >= 15 is 0 Å². The van der Waals surface area contributed by atoms with Crippen molar-refractivity contribution in [1.29, 1.82) is 0 Å². The Kier molecular flexibility index (Phi) is 12.2. The molecule has 4 aromatic carbocycles. The molecule has 3 aliphatic heterocycles. The van der Waals surface area contributed by atoms with Crippen molar-refractivity contribution in [3.8, 4) is 80.0 Å². The van der Waals surface area contributed by atoms with Gasteiger partial charge in [0, 0.05) is 113 Å². The molecule has 0 radical (unpaired) electrons. The number of imidazole rings is 2. The maximum absolute atomic E-state index is 13.3. The van der Waals surface area contributed by atoms with E-state index in [2.05, 4.69) is 46.9 Å². The summed E-state index contributed by atoms with van der Waals surface area (Å²) in [5, 5.41) is 8.54. The van der Waals surface area contributed by atoms with Crippen LogP contribution in [0.1, 0.15) is 11.4 Å². The first-order valence-corrected chi connectivity index (χ1v) is 23.5. The summed E-state index contributed by atoms with van der Waals surface area (Å²) in [6.07, 6.45) is -7.17. The van der Waals surface area contributed by atoms with E-state index in [0.717, 1.165) is 87.3 Å². The lowest BCUT2D eigenvalue weighted by atomic mass is 10.0. The van der Waals surface area contributed by atoms with E-state index in [1.165, 1.54) is 23.2 Å². The van der Waals surface area contributed by atoms with Gasteiger partial charge in [-0.05, 0) is 43.1 Å². The molecule has 0 bridgehead atoms. The number of piperazine rings is 1. The van der Waals surface area contributed by atoms with E-state index in [4.69, 9.17) is 28.5 Å². The first-order valence-electron chi connectivity index (χ1n) is 23.5. The highest BCUT2D eigenvalue weighted by Gasteiger charge is 2.41. The summed E-state index contributed by atoms with van der Waals surface area (Å²) in [5.41, 5.74) is 3.71. The molecule has 3 saturated heterocycles. The van der Waals surface area contributed by atoms with Crippen molar-refractivity contribution in [2.75, 3.05) is 83.0 Å². The van der Waals surface area contributed by atoms with Crippen LogP contribution in [0.15, 0.2) is 106 Å². The SMILES string of the molecule is COc1ccc(-c2nc(-c3ccc(-c4nc(C(F)(F)F)cn4C)cc3)no2)c(N2CC3CN(COc4ccc(-c5nc(-c6ccc(-c7nc(C(F)(F)F)cn7C)cc6)no5)c(N5CCN(C)CC5)c4)CC3C2)c1. The summed E-state index contributed by atoms with van der Waals surface area (Å²) in [7, 11) is 6.77. The number of likely N-dealkylation sites (N-methyl/N-ethyl adjacent to an activating group) is 1. The van der Waals surface area contributed by atoms with Gasteiger partial charge in [-0.15, -0.1) is 0 Å². The molecule has 0 spiro atoms. The number of nitrogens with zero attached hydrogens (tertiary/aromatic N) is 12. The van der Waals surface area contributed by atoms with Crippen LogP contribution in [0.5, 0.6) is 11.5 Å². The highest BCUT2D eigenvalue weighted by atomic mass is 19.4. The van der Waals surface area contributed by atoms with Crippen molar-refractivity contribution >= 4 is 11.4 Å². The standard InChI is InChI=1S/C51H48F6N12O4/c1-64-17-19-68(20-18-64)40-22-37(14-16-38(40)48-60-44(62-72-48)30-5-9-32(10-6-30)46-58-42(27-65(46)2)50(52,53)54)71-29-67-23-34-25-69(26-35(34)24-67)41-21-36(70-4)13-15-39(41)49-61-45(63-73-49)31-7-11-33(12-8-31)47-59-43(28-66(47)3)51(55,56)57/h5-16,21-22,27-28,34-35H,17-20,23-26,29H2,1-4H3. The molecule has 0 aliphatic carbocycles. The van der Waals surface area contributed by atoms with Gasteiger partial charge in [0.2, 0.25) is 11.6 Å². The van der Waals surface area contributed by atoms with E-state index in [9.17, 15) is 26.3 Å². The van der Waals surface area contributed by atoms with Gasteiger partial charge in [0.15, 0.2) is 11.4 Å². The van der Waals surface area contributed by atoms with Crippen molar-refractivity contribution < 1.29 is 44.9 Å². The van der Waals surface area contributed by atoms with Crippen LogP contribution >= 0.6 is 0 Å². The summed E-state index contributed by atoms with van der Waals surface area (Å²) in [5.74, 6) is 3.84. The molecule has 378 valence electrons. The molecule has 8 aromatic rings. The molecule has 11 rings (SSSR count). The van der Waals surface area contributed by atoms with Crippen LogP contribution in [-0.2, 0) is 26.4 Å². The second-order valence-corrected chi connectivity index (χ2v) is 18.7. The zero-order chi connectivity index (χ0) is 50.8. The number of ether oxygens (including phenoxy) is 2. The largest absolute Gasteiger partial charge is 0.497 e. The normalized spacial score (nSPS) is 17.7. The summed E-state index contributed by atoms with van der Waals surface area (Å²) >= 11 is 0. The van der Waals surface area contributed by atoms with Gasteiger partial charge < -0.3 is 42.4 Å². The lowest BCUT2D eigenvalue weighted by Crippen LogP contribution is -2.44. The Balaban J connectivity index is 0.751. The molecule has 2 unspecified atom stereocenters. The molecule has 16 nitrogen and oxygen atoms in total. The molecule has 0 amide bonds. The quantitative estimate of drug-likeness (QED) is 0.107. The van der Waals surface area contributed by atoms with Crippen LogP contribution in [-0.4, -0.2) is 122 Å². The summed E-state index contributed by atoms with van der Waals surface area (Å²) < 4.78 is 106. The Morgan fingerprint density at radius 3 is 1.47 bits per heavy atom. The molecule has 0 N–H and O–H groups in total. The maximum atomic E-state index is 13.3. The molecule has 4 aromatic heterocycles. The second kappa shape index (κ2) is 18.7. The molecule has 7 heterocycles. The maximum Gasteiger partial charge on any atom is 0.434 e. The number of anilines is 2. The Bertz CT molecular complexity index is 3250. The fourth-order valence-corrected chi connectivity index (χ4v) is 9.91. The zero-order valence-electron chi connectivity index (χ0n) is 40.0. The van der Waals surface area contributed by atoms with Gasteiger partial charge in [0.1, 0.15) is 29.9 Å². The van der Waals surface area contributed by atoms with Gasteiger partial charge in [0.25, 0.3) is 11.8 Å². The van der Waals surface area contributed by atoms with Crippen molar-refractivity contribution in [3.05, 3.63) is 109 Å². The fraction of sp³-hybridized carbons (Fsp3) is 0.333. The third-order valence-electron chi connectivity index (χ3n) is 13.8. The van der Waals surface area contributed by atoms with Crippen molar-refractivity contribution in [2.24, 2.45) is 25.9 Å². The number of methoxy groups -OCH3 is 1. The number of halogens is 6. The monoisotopic (exact) mass is 1010 g/mol. The Labute approximate surface area is 414 Å². The van der Waals surface area contributed by atoms with E-state index < -0.39 is 23.7 Å². The summed E-state index contributed by atoms with van der Waals surface area (Å²) in [4.78, 5) is 26.3. The van der Waals surface area contributed by atoms with Gasteiger partial charge in [-0.2, -0.15) is 36.3 Å². The van der Waals surface area contributed by atoms with Crippen LogP contribution in [0.3, 0.4) is 0 Å². The number of fused-ring (bicyclic) bond motifs is 1. The number of rotatable bonds is 12. The van der Waals surface area contributed by atoms with Gasteiger partial charge >= 0.3 is 12.4 Å². The zero-order valence-corrected chi connectivity index (χ0v) is 40.0. The number of hydrogen-bond donors (Lipinski definition) is 0. The van der Waals surface area contributed by atoms with E-state index in [1.54, 1.807) is 55.6 Å². The Hall–Kier alpha value is -7.72. The minimum atomic E-state index is -4.55. The number of hydrogen-bond acceptors (Lipinski definition) is 14. The van der Waals surface area contributed by atoms with Crippen LogP contribution in [0.25, 0.3) is 68.5 Å². The van der Waals surface area contributed by atoms with E-state index in [-0.39, 0.29) is 11.6 Å². The van der Waals surface area contributed by atoms with Gasteiger partial charge in [-0.1, -0.05) is 58.8 Å². The third-order valence-corrected chi connectivity index (χ3v) is 13.8. The number of aromatic nitrogens is 8. The van der Waals surface area contributed by atoms with Gasteiger partial charge in [-0.3, -0.25) is 4.90 Å². The molecule has 73 heavy (non-hydrogen) atoms. The number of alkyl halides is 6. The molecule has 22 heteroatoms. The molecule has 3 fully saturated rings. The smallest absolute Gasteiger partial charge is 0.434 e. The van der Waals surface area contributed by atoms with Crippen LogP contribution in [0.2, 0.25) is 0 Å². The van der Waals surface area contributed by atoms with E-state index in [0.29, 0.717) is 75.7 Å². The minimum Gasteiger partial charge on any atom is -0.497 e. The minimum absolute atomic E-state index is 0.187.